The summed E-state index contributed by atoms with van der Waals surface area (Å²) in [5, 5.41) is 9.88. The van der Waals surface area contributed by atoms with Crippen LogP contribution in [-0.2, 0) is 0 Å². The molecule has 12 aromatic rings. The second-order valence-electron chi connectivity index (χ2n) is 13.7. The smallest absolute Gasteiger partial charge is 0.135 e. The molecule has 4 aromatic heterocycles. The summed E-state index contributed by atoms with van der Waals surface area (Å²) in [6, 6.07) is 63.5. The van der Waals surface area contributed by atoms with Gasteiger partial charge in [-0.15, -0.1) is 0 Å². The van der Waals surface area contributed by atoms with Gasteiger partial charge in [0, 0.05) is 60.5 Å². The molecule has 52 heavy (non-hydrogen) atoms. The molecule has 0 radical (unpaired) electrons. The molecular weight excluding hydrogens is 635 g/mol. The van der Waals surface area contributed by atoms with E-state index in [9.17, 15) is 0 Å². The standard InChI is InChI=1S/C48H29N3O/c1-2-12-30(13-3-1)49(33-26-27-45-39(29-33)35-17-5-7-25-44(35)52-45)31-14-8-15-32(28-31)50-41-22-10-18-36-38-20-9-19-37-34-16-4-6-21-40(34)51(48(37)38)43-24-11-23-42(50)47(43)46(36)41/h1-29H. The van der Waals surface area contributed by atoms with E-state index in [1.54, 1.807) is 0 Å². The van der Waals surface area contributed by atoms with Gasteiger partial charge < -0.3 is 18.3 Å². The molecule has 0 spiro atoms. The first kappa shape index (κ1) is 27.7. The summed E-state index contributed by atoms with van der Waals surface area (Å²) in [7, 11) is 0. The maximum Gasteiger partial charge on any atom is 0.135 e. The molecule has 8 aromatic carbocycles. The van der Waals surface area contributed by atoms with Crippen molar-refractivity contribution in [1.82, 2.24) is 8.97 Å². The van der Waals surface area contributed by atoms with Crippen LogP contribution in [0.3, 0.4) is 0 Å². The number of para-hydroxylation sites is 4. The van der Waals surface area contributed by atoms with Gasteiger partial charge in [-0.2, -0.15) is 0 Å². The predicted molar refractivity (Wildman–Crippen MR) is 217 cm³/mol. The Bertz CT molecular complexity index is 3360. The van der Waals surface area contributed by atoms with Crippen molar-refractivity contribution in [2.45, 2.75) is 0 Å². The van der Waals surface area contributed by atoms with E-state index in [0.29, 0.717) is 0 Å². The van der Waals surface area contributed by atoms with Crippen LogP contribution in [0.1, 0.15) is 0 Å². The largest absolute Gasteiger partial charge is 0.456 e. The molecule has 0 atom stereocenters. The number of rotatable bonds is 4. The summed E-state index contributed by atoms with van der Waals surface area (Å²) in [4.78, 5) is 2.34. The fraction of sp³-hybridized carbons (Fsp3) is 0. The molecule has 0 saturated carbocycles. The maximum atomic E-state index is 6.22. The molecule has 0 N–H and O–H groups in total. The molecule has 0 fully saturated rings. The van der Waals surface area contributed by atoms with Gasteiger partial charge in [0.1, 0.15) is 11.2 Å². The molecule has 4 heterocycles. The molecule has 12 rings (SSSR count). The van der Waals surface area contributed by atoms with Crippen LogP contribution in [0.2, 0.25) is 0 Å². The first-order valence-corrected chi connectivity index (χ1v) is 17.8. The number of hydrogen-bond acceptors (Lipinski definition) is 2. The van der Waals surface area contributed by atoms with Gasteiger partial charge in [0.2, 0.25) is 0 Å². The Labute approximate surface area is 297 Å². The number of aromatic nitrogens is 2. The van der Waals surface area contributed by atoms with Gasteiger partial charge in [0.25, 0.3) is 0 Å². The van der Waals surface area contributed by atoms with E-state index in [0.717, 1.165) is 44.7 Å². The minimum absolute atomic E-state index is 0.888. The quantitative estimate of drug-likeness (QED) is 0.187. The van der Waals surface area contributed by atoms with Crippen molar-refractivity contribution in [3.8, 4) is 5.69 Å². The zero-order valence-electron chi connectivity index (χ0n) is 28.0. The highest BCUT2D eigenvalue weighted by Gasteiger charge is 2.22. The number of furan rings is 1. The summed E-state index contributed by atoms with van der Waals surface area (Å²) in [6.07, 6.45) is 0. The molecule has 0 saturated heterocycles. The highest BCUT2D eigenvalue weighted by molar-refractivity contribution is 6.31. The Morgan fingerprint density at radius 1 is 0.365 bits per heavy atom. The van der Waals surface area contributed by atoms with Crippen LogP contribution in [0.5, 0.6) is 0 Å². The average Bonchev–Trinajstić information content (AvgIpc) is 3.83. The lowest BCUT2D eigenvalue weighted by atomic mass is 10.0. The maximum absolute atomic E-state index is 6.22. The topological polar surface area (TPSA) is 25.7 Å². The van der Waals surface area contributed by atoms with E-state index < -0.39 is 0 Å². The number of anilines is 3. The first-order valence-electron chi connectivity index (χ1n) is 17.8. The summed E-state index contributed by atoms with van der Waals surface area (Å²) < 4.78 is 11.2. The fourth-order valence-electron chi connectivity index (χ4n) is 8.91. The molecule has 0 bridgehead atoms. The normalized spacial score (nSPS) is 12.2. The number of benzene rings is 8. The molecule has 242 valence electrons. The van der Waals surface area contributed by atoms with Crippen molar-refractivity contribution >= 4 is 98.9 Å². The van der Waals surface area contributed by atoms with Gasteiger partial charge in [-0.1, -0.05) is 97.1 Å². The molecular formula is C48H29N3O. The fourth-order valence-corrected chi connectivity index (χ4v) is 8.91. The minimum Gasteiger partial charge on any atom is -0.456 e. The van der Waals surface area contributed by atoms with Crippen LogP contribution in [-0.4, -0.2) is 8.97 Å². The number of hydrogen-bond donors (Lipinski definition) is 0. The third-order valence-corrected chi connectivity index (χ3v) is 11.0. The van der Waals surface area contributed by atoms with E-state index in [1.807, 2.05) is 12.1 Å². The lowest BCUT2D eigenvalue weighted by molar-refractivity contribution is 0.669. The van der Waals surface area contributed by atoms with Gasteiger partial charge in [-0.25, -0.2) is 0 Å². The van der Waals surface area contributed by atoms with Crippen LogP contribution in [0.25, 0.3) is 87.5 Å². The van der Waals surface area contributed by atoms with Crippen LogP contribution >= 0.6 is 0 Å². The van der Waals surface area contributed by atoms with Gasteiger partial charge >= 0.3 is 0 Å². The van der Waals surface area contributed by atoms with Gasteiger partial charge in [-0.05, 0) is 84.2 Å². The molecule has 0 amide bonds. The summed E-state index contributed by atoms with van der Waals surface area (Å²) in [5.41, 5.74) is 12.2. The van der Waals surface area contributed by atoms with Crippen molar-refractivity contribution in [1.29, 1.82) is 0 Å². The lowest BCUT2D eigenvalue weighted by Crippen LogP contribution is -2.10. The van der Waals surface area contributed by atoms with Crippen LogP contribution in [0.15, 0.2) is 180 Å². The van der Waals surface area contributed by atoms with Gasteiger partial charge in [0.05, 0.1) is 27.6 Å². The van der Waals surface area contributed by atoms with Crippen molar-refractivity contribution in [3.63, 3.8) is 0 Å². The van der Waals surface area contributed by atoms with Crippen molar-refractivity contribution in [2.75, 3.05) is 4.90 Å². The van der Waals surface area contributed by atoms with Crippen molar-refractivity contribution in [3.05, 3.63) is 176 Å². The zero-order chi connectivity index (χ0) is 33.9. The SMILES string of the molecule is c1ccc(N(c2cccc(-n3c4cccc5c6cccc7c8ccccc8n(c8cccc3c8c54)c67)c2)c2ccc3oc4ccccc4c3c2)cc1. The Morgan fingerprint density at radius 2 is 0.962 bits per heavy atom. The lowest BCUT2D eigenvalue weighted by Gasteiger charge is -2.26. The van der Waals surface area contributed by atoms with E-state index in [2.05, 4.69) is 178 Å². The van der Waals surface area contributed by atoms with Crippen LogP contribution < -0.4 is 4.90 Å². The highest BCUT2D eigenvalue weighted by atomic mass is 16.3. The highest BCUT2D eigenvalue weighted by Crippen LogP contribution is 2.45. The van der Waals surface area contributed by atoms with Gasteiger partial charge in [0.15, 0.2) is 0 Å². The monoisotopic (exact) mass is 663 g/mol. The van der Waals surface area contributed by atoms with Crippen molar-refractivity contribution in [2.24, 2.45) is 0 Å². The Kier molecular flexibility index (Phi) is 5.47. The molecule has 0 unspecified atom stereocenters. The first-order chi connectivity index (χ1) is 25.8. The zero-order valence-corrected chi connectivity index (χ0v) is 28.0. The Balaban J connectivity index is 1.15. The van der Waals surface area contributed by atoms with E-state index >= 15 is 0 Å². The third-order valence-electron chi connectivity index (χ3n) is 11.0. The van der Waals surface area contributed by atoms with Crippen molar-refractivity contribution < 1.29 is 4.42 Å². The molecule has 0 aliphatic rings. The molecule has 4 nitrogen and oxygen atoms in total. The number of fused-ring (bicyclic) bond motifs is 8. The molecule has 0 aliphatic carbocycles. The molecule has 0 aliphatic heterocycles. The number of nitrogens with zero attached hydrogens (tertiary/aromatic N) is 3. The Hall–Kier alpha value is -7.04. The molecule has 4 heteroatoms. The average molecular weight is 664 g/mol. The third kappa shape index (κ3) is 3.65. The Morgan fingerprint density at radius 3 is 1.87 bits per heavy atom. The summed E-state index contributed by atoms with van der Waals surface area (Å²) in [5.74, 6) is 0. The second kappa shape index (κ2) is 10.3. The predicted octanol–water partition coefficient (Wildman–Crippen LogP) is 13.3. The minimum atomic E-state index is 0.888. The second-order valence-corrected chi connectivity index (χ2v) is 13.7. The van der Waals surface area contributed by atoms with Gasteiger partial charge in [-0.3, -0.25) is 0 Å². The van der Waals surface area contributed by atoms with E-state index in [-0.39, 0.29) is 0 Å². The van der Waals surface area contributed by atoms with E-state index in [1.165, 1.54) is 59.9 Å². The van der Waals surface area contributed by atoms with E-state index in [4.69, 9.17) is 4.42 Å². The summed E-state index contributed by atoms with van der Waals surface area (Å²) >= 11 is 0. The van der Waals surface area contributed by atoms with Crippen LogP contribution in [0.4, 0.5) is 17.1 Å². The van der Waals surface area contributed by atoms with Crippen LogP contribution in [0, 0.1) is 0 Å². The summed E-state index contributed by atoms with van der Waals surface area (Å²) in [6.45, 7) is 0.